The summed E-state index contributed by atoms with van der Waals surface area (Å²) in [4.78, 5) is 0. The molecule has 0 radical (unpaired) electrons. The van der Waals surface area contributed by atoms with E-state index >= 15 is 0 Å². The maximum absolute atomic E-state index is 8.74. The first-order valence-electron chi connectivity index (χ1n) is 7.32. The Morgan fingerprint density at radius 3 is 1.40 bits per heavy atom. The Hall–Kier alpha value is -1.43. The lowest BCUT2D eigenvalue weighted by Crippen LogP contribution is -2.15. The Kier molecular flexibility index (Phi) is 6.10. The predicted octanol–water partition coefficient (Wildman–Crippen LogP) is 5.07. The number of nitrogens with zero attached hydrogens (tertiary/aromatic N) is 1. The van der Waals surface area contributed by atoms with Crippen molar-refractivity contribution in [3.05, 3.63) is 43.2 Å². The molecule has 0 aromatic heterocycles. The number of benzene rings is 2. The van der Waals surface area contributed by atoms with Gasteiger partial charge >= 0.3 is 0 Å². The molecule has 2 aromatic carbocycles. The molecule has 0 aliphatic carbocycles. The van der Waals surface area contributed by atoms with Crippen molar-refractivity contribution in [2.75, 3.05) is 26.4 Å². The summed E-state index contributed by atoms with van der Waals surface area (Å²) in [6.45, 7) is 2.35. The molecule has 130 valence electrons. The number of nitriles is 1. The Morgan fingerprint density at radius 1 is 0.640 bits per heavy atom. The van der Waals surface area contributed by atoms with Gasteiger partial charge in [-0.15, -0.1) is 0 Å². The molecule has 0 atom stereocenters. The molecule has 0 N–H and O–H groups in total. The molecule has 0 saturated carbocycles. The smallest absolute Gasteiger partial charge is 0.162 e. The summed E-state index contributed by atoms with van der Waals surface area (Å²) < 4.78 is 24.1. The van der Waals surface area contributed by atoms with Gasteiger partial charge in [-0.25, -0.2) is 0 Å². The summed E-state index contributed by atoms with van der Waals surface area (Å²) in [6.07, 6.45) is 0. The van der Waals surface area contributed by atoms with E-state index in [2.05, 4.69) is 53.9 Å². The average molecular weight is 534 g/mol. The first-order valence-corrected chi connectivity index (χ1v) is 9.70. The van der Waals surface area contributed by atoms with E-state index < -0.39 is 0 Å². The van der Waals surface area contributed by atoms with Crippen LogP contribution in [-0.4, -0.2) is 26.4 Å². The van der Waals surface area contributed by atoms with Gasteiger partial charge in [0.15, 0.2) is 23.0 Å². The van der Waals surface area contributed by atoms with Crippen LogP contribution >= 0.6 is 47.8 Å². The highest BCUT2D eigenvalue weighted by atomic mass is 79.9. The minimum atomic E-state index is 0.541. The molecule has 2 heterocycles. The molecule has 0 amide bonds. The van der Waals surface area contributed by atoms with Crippen molar-refractivity contribution >= 4 is 47.8 Å². The summed E-state index contributed by atoms with van der Waals surface area (Å²) >= 11 is 10.1. The molecule has 4 rings (SSSR count). The highest BCUT2D eigenvalue weighted by molar-refractivity contribution is 9.13. The molecule has 2 aromatic rings. The van der Waals surface area contributed by atoms with E-state index in [4.69, 9.17) is 24.2 Å². The topological polar surface area (TPSA) is 60.7 Å². The van der Waals surface area contributed by atoms with Gasteiger partial charge in [0.2, 0.25) is 0 Å². The lowest BCUT2D eigenvalue weighted by atomic mass is 10.2. The molecule has 2 aliphatic rings. The van der Waals surface area contributed by atoms with Gasteiger partial charge in [0, 0.05) is 19.5 Å². The number of ether oxygens (including phenoxy) is 4. The summed E-state index contributed by atoms with van der Waals surface area (Å²) in [7, 11) is 0. The quantitative estimate of drug-likeness (QED) is 0.473. The van der Waals surface area contributed by atoms with Gasteiger partial charge in [-0.1, -0.05) is 0 Å². The van der Waals surface area contributed by atoms with Crippen LogP contribution in [-0.2, 0) is 0 Å². The van der Waals surface area contributed by atoms with Crippen molar-refractivity contribution in [1.29, 1.82) is 5.26 Å². The Morgan fingerprint density at radius 2 is 1.00 bits per heavy atom. The molecule has 5 nitrogen and oxygen atoms in total. The molecular weight excluding hydrogens is 522 g/mol. The van der Waals surface area contributed by atoms with Crippen LogP contribution in [0.4, 0.5) is 0 Å². The highest BCUT2D eigenvalue weighted by Crippen LogP contribution is 2.37. The third-order valence-electron chi connectivity index (χ3n) is 3.34. The first-order chi connectivity index (χ1) is 12.1. The Labute approximate surface area is 170 Å². The van der Waals surface area contributed by atoms with E-state index in [1.807, 2.05) is 12.1 Å². The summed E-state index contributed by atoms with van der Waals surface area (Å²) in [5.74, 6) is 2.94. The normalized spacial score (nSPS) is 14.0. The van der Waals surface area contributed by atoms with Crippen molar-refractivity contribution in [2.24, 2.45) is 0 Å². The van der Waals surface area contributed by atoms with Crippen molar-refractivity contribution in [3.8, 4) is 29.1 Å². The Balaban J connectivity index is 0.000000146. The largest absolute Gasteiger partial charge is 0.486 e. The van der Waals surface area contributed by atoms with E-state index in [-0.39, 0.29) is 0 Å². The van der Waals surface area contributed by atoms with Gasteiger partial charge in [-0.2, -0.15) is 5.26 Å². The van der Waals surface area contributed by atoms with Crippen LogP contribution in [0.15, 0.2) is 37.7 Å². The van der Waals surface area contributed by atoms with Crippen LogP contribution in [0, 0.1) is 11.3 Å². The maximum Gasteiger partial charge on any atom is 0.162 e. The van der Waals surface area contributed by atoms with Crippen LogP contribution in [0.2, 0.25) is 0 Å². The zero-order chi connectivity index (χ0) is 17.8. The van der Waals surface area contributed by atoms with Crippen molar-refractivity contribution in [1.82, 2.24) is 0 Å². The third kappa shape index (κ3) is 4.40. The fourth-order valence-corrected chi connectivity index (χ4v) is 3.24. The molecule has 2 aliphatic heterocycles. The number of hydrogen-bond donors (Lipinski definition) is 0. The summed E-state index contributed by atoms with van der Waals surface area (Å²) in [5.41, 5.74) is 0.559. The van der Waals surface area contributed by atoms with Gasteiger partial charge in [0.25, 0.3) is 0 Å². The second kappa shape index (κ2) is 8.30. The summed E-state index contributed by atoms with van der Waals surface area (Å²) in [5, 5.41) is 8.74. The highest BCUT2D eigenvalue weighted by Gasteiger charge is 2.14. The third-order valence-corrected chi connectivity index (χ3v) is 5.84. The lowest BCUT2D eigenvalue weighted by molar-refractivity contribution is 0.171. The molecule has 25 heavy (non-hydrogen) atoms. The Bertz CT molecular complexity index is 805. The fourth-order valence-electron chi connectivity index (χ4n) is 2.19. The SMILES string of the molecule is Brc1cc2c(cc1Br)OCCO2.N#Cc1cc2c(cc1Br)OCCO2. The average Bonchev–Trinajstić information content (AvgIpc) is 2.62. The van der Waals surface area contributed by atoms with Crippen LogP contribution in [0.1, 0.15) is 5.56 Å². The molecule has 0 spiro atoms. The molecule has 0 bridgehead atoms. The predicted molar refractivity (Wildman–Crippen MR) is 103 cm³/mol. The van der Waals surface area contributed by atoms with Gasteiger partial charge in [0.05, 0.1) is 5.56 Å². The monoisotopic (exact) mass is 531 g/mol. The zero-order valence-electron chi connectivity index (χ0n) is 12.9. The van der Waals surface area contributed by atoms with Crippen LogP contribution < -0.4 is 18.9 Å². The van der Waals surface area contributed by atoms with Crippen molar-refractivity contribution in [3.63, 3.8) is 0 Å². The minimum Gasteiger partial charge on any atom is -0.486 e. The van der Waals surface area contributed by atoms with Gasteiger partial charge in [-0.3, -0.25) is 0 Å². The van der Waals surface area contributed by atoms with Crippen molar-refractivity contribution < 1.29 is 18.9 Å². The standard InChI is InChI=1S/C9H6BrNO2.C8H6Br2O2/c10-7-4-9-8(3-6(7)5-11)12-1-2-13-9;9-5-3-7-8(4-6(5)10)12-2-1-11-7/h3-4H,1-2H2;3-4H,1-2H2. The second-order valence-electron chi connectivity index (χ2n) is 5.00. The molecule has 0 saturated heterocycles. The summed E-state index contributed by atoms with van der Waals surface area (Å²) in [6, 6.07) is 9.30. The number of hydrogen-bond acceptors (Lipinski definition) is 5. The van der Waals surface area contributed by atoms with Gasteiger partial charge in [-0.05, 0) is 66.0 Å². The maximum atomic E-state index is 8.74. The lowest BCUT2D eigenvalue weighted by Gasteiger charge is -2.18. The van der Waals surface area contributed by atoms with Gasteiger partial charge in [0.1, 0.15) is 32.5 Å². The van der Waals surface area contributed by atoms with E-state index in [1.54, 1.807) is 12.1 Å². The van der Waals surface area contributed by atoms with Crippen LogP contribution in [0.3, 0.4) is 0 Å². The fraction of sp³-hybridized carbons (Fsp3) is 0.235. The van der Waals surface area contributed by atoms with Gasteiger partial charge < -0.3 is 18.9 Å². The first kappa shape index (κ1) is 18.4. The molecule has 0 fully saturated rings. The molecular formula is C17H12Br3NO4. The molecule has 8 heteroatoms. The number of rotatable bonds is 0. The van der Waals surface area contributed by atoms with Crippen LogP contribution in [0.25, 0.3) is 0 Å². The van der Waals surface area contributed by atoms with E-state index in [0.29, 0.717) is 43.5 Å². The van der Waals surface area contributed by atoms with Crippen molar-refractivity contribution in [2.45, 2.75) is 0 Å². The van der Waals surface area contributed by atoms with Crippen LogP contribution in [0.5, 0.6) is 23.0 Å². The number of halogens is 3. The zero-order valence-corrected chi connectivity index (χ0v) is 17.6. The molecule has 0 unspecified atom stereocenters. The second-order valence-corrected chi connectivity index (χ2v) is 7.56. The minimum absolute atomic E-state index is 0.541. The number of fused-ring (bicyclic) bond motifs is 2. The van der Waals surface area contributed by atoms with E-state index in [0.717, 1.165) is 24.9 Å². The van der Waals surface area contributed by atoms with E-state index in [9.17, 15) is 0 Å². The van der Waals surface area contributed by atoms with E-state index in [1.165, 1.54) is 0 Å².